The lowest BCUT2D eigenvalue weighted by atomic mass is 10.1. The van der Waals surface area contributed by atoms with E-state index < -0.39 is 11.7 Å². The Bertz CT molecular complexity index is 846. The number of amides is 2. The maximum Gasteiger partial charge on any atom is 0.255 e. The van der Waals surface area contributed by atoms with Crippen LogP contribution in [0.4, 0.5) is 10.1 Å². The molecule has 1 heterocycles. The van der Waals surface area contributed by atoms with Crippen molar-refractivity contribution in [1.29, 1.82) is 0 Å². The first-order valence-electron chi connectivity index (χ1n) is 8.07. The van der Waals surface area contributed by atoms with Gasteiger partial charge in [-0.25, -0.2) is 4.39 Å². The molecule has 2 aromatic rings. The average Bonchev–Trinajstić information content (AvgIpc) is 3.09. The lowest BCUT2D eigenvalue weighted by molar-refractivity contribution is 0.0799. The zero-order chi connectivity index (χ0) is 18.0. The zero-order valence-corrected chi connectivity index (χ0v) is 14.2. The lowest BCUT2D eigenvalue weighted by Crippen LogP contribution is -2.28. The predicted molar refractivity (Wildman–Crippen MR) is 95.3 cm³/mol. The van der Waals surface area contributed by atoms with Crippen LogP contribution in [-0.2, 0) is 0 Å². The van der Waals surface area contributed by atoms with Crippen molar-refractivity contribution in [3.63, 3.8) is 0 Å². The van der Waals surface area contributed by atoms with E-state index in [1.165, 1.54) is 12.1 Å². The number of nitrogens with one attached hydrogen (secondary N) is 1. The number of hydrogen-bond acceptors (Lipinski definition) is 2. The third-order valence-electron chi connectivity index (χ3n) is 4.14. The van der Waals surface area contributed by atoms with Gasteiger partial charge in [-0.2, -0.15) is 0 Å². The van der Waals surface area contributed by atoms with Crippen LogP contribution in [0.25, 0.3) is 0 Å². The zero-order valence-electron chi connectivity index (χ0n) is 14.2. The van der Waals surface area contributed by atoms with E-state index in [-0.39, 0.29) is 11.5 Å². The molecule has 1 aliphatic heterocycles. The Morgan fingerprint density at radius 1 is 1.00 bits per heavy atom. The van der Waals surface area contributed by atoms with Gasteiger partial charge >= 0.3 is 0 Å². The Kier molecular flexibility index (Phi) is 4.65. The van der Waals surface area contributed by atoms with Gasteiger partial charge in [-0.05, 0) is 55.3 Å². The van der Waals surface area contributed by atoms with E-state index in [9.17, 15) is 14.0 Å². The largest absolute Gasteiger partial charge is 0.331 e. The van der Waals surface area contributed by atoms with E-state index in [4.69, 9.17) is 0 Å². The second kappa shape index (κ2) is 6.89. The molecule has 0 unspecified atom stereocenters. The molecule has 2 aromatic carbocycles. The summed E-state index contributed by atoms with van der Waals surface area (Å²) in [6, 6.07) is 9.40. The van der Waals surface area contributed by atoms with Crippen LogP contribution < -0.4 is 5.32 Å². The minimum absolute atomic E-state index is 0.0814. The maximum atomic E-state index is 13.5. The molecule has 128 valence electrons. The van der Waals surface area contributed by atoms with Crippen LogP contribution in [0.3, 0.4) is 0 Å². The van der Waals surface area contributed by atoms with Crippen LogP contribution in [-0.4, -0.2) is 29.8 Å². The van der Waals surface area contributed by atoms with Crippen molar-refractivity contribution >= 4 is 17.5 Å². The molecule has 0 aromatic heterocycles. The fourth-order valence-corrected chi connectivity index (χ4v) is 2.78. The number of benzene rings is 2. The van der Waals surface area contributed by atoms with Crippen LogP contribution in [0.1, 0.15) is 31.8 Å². The summed E-state index contributed by atoms with van der Waals surface area (Å²) < 4.78 is 13.5. The Morgan fingerprint density at radius 3 is 2.40 bits per heavy atom. The molecule has 0 fully saturated rings. The minimum Gasteiger partial charge on any atom is -0.331 e. The van der Waals surface area contributed by atoms with Gasteiger partial charge in [0.15, 0.2) is 0 Å². The van der Waals surface area contributed by atoms with Gasteiger partial charge < -0.3 is 10.2 Å². The van der Waals surface area contributed by atoms with E-state index in [1.807, 2.05) is 19.1 Å². The Hall–Kier alpha value is -2.95. The number of halogens is 1. The van der Waals surface area contributed by atoms with Gasteiger partial charge in [0.1, 0.15) is 5.82 Å². The summed E-state index contributed by atoms with van der Waals surface area (Å²) in [7, 11) is 0. The molecule has 0 aliphatic carbocycles. The molecular formula is C20H19FN2O2. The molecular weight excluding hydrogens is 319 g/mol. The number of rotatable bonds is 3. The molecule has 4 nitrogen and oxygen atoms in total. The molecule has 1 aliphatic rings. The van der Waals surface area contributed by atoms with E-state index in [1.54, 1.807) is 36.1 Å². The number of nitrogens with zero attached hydrogens (tertiary/aromatic N) is 1. The minimum atomic E-state index is -0.452. The van der Waals surface area contributed by atoms with Gasteiger partial charge in [0.05, 0.1) is 0 Å². The maximum absolute atomic E-state index is 13.5. The van der Waals surface area contributed by atoms with Gasteiger partial charge in [0.2, 0.25) is 0 Å². The van der Waals surface area contributed by atoms with Gasteiger partial charge in [-0.1, -0.05) is 18.2 Å². The lowest BCUT2D eigenvalue weighted by Gasteiger charge is -2.17. The molecule has 0 saturated carbocycles. The summed E-state index contributed by atoms with van der Waals surface area (Å²) in [4.78, 5) is 26.6. The third kappa shape index (κ3) is 3.76. The molecule has 1 N–H and O–H groups in total. The van der Waals surface area contributed by atoms with Crippen LogP contribution in [0.15, 0.2) is 48.6 Å². The Labute approximate surface area is 146 Å². The fourth-order valence-electron chi connectivity index (χ4n) is 2.78. The highest BCUT2D eigenvalue weighted by Gasteiger charge is 2.18. The molecule has 0 spiro atoms. The molecule has 0 atom stereocenters. The highest BCUT2D eigenvalue weighted by atomic mass is 19.1. The van der Waals surface area contributed by atoms with Crippen LogP contribution >= 0.6 is 0 Å². The Balaban J connectivity index is 1.83. The van der Waals surface area contributed by atoms with Crippen molar-refractivity contribution in [2.75, 3.05) is 18.4 Å². The number of hydrogen-bond donors (Lipinski definition) is 1. The van der Waals surface area contributed by atoms with E-state index in [0.29, 0.717) is 29.9 Å². The summed E-state index contributed by atoms with van der Waals surface area (Å²) in [6.45, 7) is 4.76. The normalized spacial score (nSPS) is 13.2. The quantitative estimate of drug-likeness (QED) is 0.868. The summed E-state index contributed by atoms with van der Waals surface area (Å²) in [5.41, 5.74) is 2.81. The highest BCUT2D eigenvalue weighted by Crippen LogP contribution is 2.20. The predicted octanol–water partition coefficient (Wildman–Crippen LogP) is 3.71. The molecule has 25 heavy (non-hydrogen) atoms. The van der Waals surface area contributed by atoms with Crippen LogP contribution in [0.5, 0.6) is 0 Å². The van der Waals surface area contributed by atoms with Gasteiger partial charge in [0.25, 0.3) is 11.8 Å². The number of aryl methyl sites for hydroxylation is 2. The van der Waals surface area contributed by atoms with Crippen molar-refractivity contribution in [2.24, 2.45) is 0 Å². The van der Waals surface area contributed by atoms with Crippen molar-refractivity contribution < 1.29 is 14.0 Å². The Morgan fingerprint density at radius 2 is 1.72 bits per heavy atom. The molecule has 0 bridgehead atoms. The topological polar surface area (TPSA) is 49.4 Å². The van der Waals surface area contributed by atoms with E-state index >= 15 is 0 Å². The third-order valence-corrected chi connectivity index (χ3v) is 4.14. The van der Waals surface area contributed by atoms with Crippen molar-refractivity contribution in [3.8, 4) is 0 Å². The molecule has 0 radical (unpaired) electrons. The number of anilines is 1. The van der Waals surface area contributed by atoms with Gasteiger partial charge in [-0.3, -0.25) is 9.59 Å². The monoisotopic (exact) mass is 338 g/mol. The highest BCUT2D eigenvalue weighted by molar-refractivity contribution is 6.05. The van der Waals surface area contributed by atoms with E-state index in [2.05, 4.69) is 5.32 Å². The molecule has 0 saturated heterocycles. The summed E-state index contributed by atoms with van der Waals surface area (Å²) in [6.07, 6.45) is 3.89. The standard InChI is InChI=1S/C20H19FN2O2/c1-13-9-16(11-17(21)10-13)19(24)22-18-12-15(6-5-14(18)2)20(25)23-7-3-4-8-23/h3-6,9-12H,7-8H2,1-2H3,(H,22,24). The van der Waals surface area contributed by atoms with Crippen molar-refractivity contribution in [1.82, 2.24) is 4.90 Å². The van der Waals surface area contributed by atoms with Crippen molar-refractivity contribution in [2.45, 2.75) is 13.8 Å². The van der Waals surface area contributed by atoms with E-state index in [0.717, 1.165) is 5.56 Å². The summed E-state index contributed by atoms with van der Waals surface area (Å²) in [5, 5.41) is 2.77. The number of carbonyl (C=O) groups is 2. The average molecular weight is 338 g/mol. The summed E-state index contributed by atoms with van der Waals surface area (Å²) in [5.74, 6) is -0.937. The second-order valence-electron chi connectivity index (χ2n) is 6.18. The molecule has 3 rings (SSSR count). The van der Waals surface area contributed by atoms with Crippen LogP contribution in [0, 0.1) is 19.7 Å². The first-order chi connectivity index (χ1) is 11.9. The first kappa shape index (κ1) is 16.9. The van der Waals surface area contributed by atoms with Crippen LogP contribution in [0.2, 0.25) is 0 Å². The smallest absolute Gasteiger partial charge is 0.255 e. The summed E-state index contributed by atoms with van der Waals surface area (Å²) >= 11 is 0. The SMILES string of the molecule is Cc1cc(F)cc(C(=O)Nc2cc(C(=O)N3CC=CC3)ccc2C)c1. The molecule has 5 heteroatoms. The second-order valence-corrected chi connectivity index (χ2v) is 6.18. The van der Waals surface area contributed by atoms with Gasteiger partial charge in [-0.15, -0.1) is 0 Å². The molecule has 2 amide bonds. The van der Waals surface area contributed by atoms with Crippen molar-refractivity contribution in [3.05, 3.63) is 76.6 Å². The fraction of sp³-hybridized carbons (Fsp3) is 0.200. The first-order valence-corrected chi connectivity index (χ1v) is 8.07. The number of carbonyl (C=O) groups excluding carboxylic acids is 2. The van der Waals surface area contributed by atoms with Gasteiger partial charge in [0, 0.05) is 29.9 Å².